The van der Waals surface area contributed by atoms with Gasteiger partial charge in [-0.05, 0) is 22.9 Å². The Morgan fingerprint density at radius 3 is 2.69 bits per heavy atom. The van der Waals surface area contributed by atoms with Crippen molar-refractivity contribution in [3.05, 3.63) is 58.6 Å². The van der Waals surface area contributed by atoms with Gasteiger partial charge in [0.1, 0.15) is 0 Å². The maximum Gasteiger partial charge on any atom is 0.0764 e. The first-order valence-corrected chi connectivity index (χ1v) is 5.21. The van der Waals surface area contributed by atoms with Crippen LogP contribution in [0.5, 0.6) is 0 Å². The molecule has 1 heterocycles. The third kappa shape index (κ3) is 1.32. The fraction of sp³-hybridized carbons (Fsp3) is 0. The molecule has 0 amide bonds. The van der Waals surface area contributed by atoms with Gasteiger partial charge in [0, 0.05) is 11.4 Å². The molecule has 0 radical (unpaired) electrons. The quantitative estimate of drug-likeness (QED) is 0.700. The molecular weight excluding hydrogens is 198 g/mol. The highest BCUT2D eigenvalue weighted by Gasteiger charge is 2.07. The number of allylic oxidation sites excluding steroid dienone is 4. The van der Waals surface area contributed by atoms with E-state index in [0.717, 1.165) is 21.2 Å². The lowest BCUT2D eigenvalue weighted by Crippen LogP contribution is -2.34. The van der Waals surface area contributed by atoms with E-state index < -0.39 is 0 Å². The van der Waals surface area contributed by atoms with Crippen molar-refractivity contribution < 1.29 is 5.21 Å². The minimum atomic E-state index is 0.821. The Balaban J connectivity index is 2.44. The summed E-state index contributed by atoms with van der Waals surface area (Å²) in [7, 11) is 0. The van der Waals surface area contributed by atoms with Crippen LogP contribution in [0, 0.1) is 0 Å². The number of hydrogen-bond acceptors (Lipinski definition) is 2. The van der Waals surface area contributed by atoms with Gasteiger partial charge in [-0.3, -0.25) is 5.21 Å². The summed E-state index contributed by atoms with van der Waals surface area (Å²) in [6, 6.07) is 3.95. The van der Waals surface area contributed by atoms with Crippen LogP contribution >= 0.6 is 0 Å². The van der Waals surface area contributed by atoms with Crippen LogP contribution in [0.25, 0.3) is 18.2 Å². The second-order valence-electron chi connectivity index (χ2n) is 3.76. The molecule has 0 unspecified atom stereocenters. The summed E-state index contributed by atoms with van der Waals surface area (Å²) in [5.74, 6) is 0. The van der Waals surface area contributed by atoms with Crippen LogP contribution in [0.3, 0.4) is 0 Å². The fourth-order valence-corrected chi connectivity index (χ4v) is 2.02. The Labute approximate surface area is 93.4 Å². The van der Waals surface area contributed by atoms with Gasteiger partial charge in [-0.1, -0.05) is 42.5 Å². The van der Waals surface area contributed by atoms with Crippen LogP contribution in [0.15, 0.2) is 42.6 Å². The maximum absolute atomic E-state index is 9.71. The lowest BCUT2D eigenvalue weighted by molar-refractivity contribution is 0.294. The molecular formula is C14H11NO. The standard InChI is InChI=1S/C14H11NO/c16-15-10-4-7-13-12-6-3-1-2-5-11(12)8-9-14(13)15/h1-10,16H. The van der Waals surface area contributed by atoms with Crippen molar-refractivity contribution in [1.29, 1.82) is 0 Å². The van der Waals surface area contributed by atoms with Crippen molar-refractivity contribution in [1.82, 2.24) is 0 Å². The summed E-state index contributed by atoms with van der Waals surface area (Å²) in [6.45, 7) is 0. The molecule has 78 valence electrons. The SMILES string of the molecule is ON1C=CC=c2c1ccc1c2=CC=CC=C1. The minimum Gasteiger partial charge on any atom is -0.284 e. The number of nitrogens with zero attached hydrogens (tertiary/aromatic N) is 1. The Bertz CT molecular complexity index is 635. The second kappa shape index (κ2) is 3.51. The third-order valence-corrected chi connectivity index (χ3v) is 2.80. The van der Waals surface area contributed by atoms with E-state index in [4.69, 9.17) is 0 Å². The van der Waals surface area contributed by atoms with Gasteiger partial charge in [-0.25, -0.2) is 5.06 Å². The summed E-state index contributed by atoms with van der Waals surface area (Å²) in [4.78, 5) is 0. The summed E-state index contributed by atoms with van der Waals surface area (Å²) < 4.78 is 0. The molecule has 2 aliphatic rings. The Hall–Kier alpha value is -2.06. The first kappa shape index (κ1) is 9.19. The van der Waals surface area contributed by atoms with Crippen molar-refractivity contribution in [2.75, 3.05) is 5.06 Å². The van der Waals surface area contributed by atoms with Crippen LogP contribution in [0.1, 0.15) is 5.56 Å². The zero-order chi connectivity index (χ0) is 11.0. The van der Waals surface area contributed by atoms with Crippen LogP contribution < -0.4 is 15.5 Å². The van der Waals surface area contributed by atoms with E-state index in [2.05, 4.69) is 12.2 Å². The third-order valence-electron chi connectivity index (χ3n) is 2.80. The molecule has 16 heavy (non-hydrogen) atoms. The van der Waals surface area contributed by atoms with Crippen molar-refractivity contribution in [2.45, 2.75) is 0 Å². The highest BCUT2D eigenvalue weighted by atomic mass is 16.5. The molecule has 0 atom stereocenters. The van der Waals surface area contributed by atoms with E-state index >= 15 is 0 Å². The Morgan fingerprint density at radius 1 is 0.875 bits per heavy atom. The molecule has 0 spiro atoms. The van der Waals surface area contributed by atoms with E-state index in [1.165, 1.54) is 5.56 Å². The summed E-state index contributed by atoms with van der Waals surface area (Å²) in [5.41, 5.74) is 1.99. The molecule has 1 N–H and O–H groups in total. The fourth-order valence-electron chi connectivity index (χ4n) is 2.02. The average molecular weight is 209 g/mol. The lowest BCUT2D eigenvalue weighted by Gasteiger charge is -2.16. The molecule has 0 saturated heterocycles. The van der Waals surface area contributed by atoms with Crippen molar-refractivity contribution >= 4 is 23.9 Å². The lowest BCUT2D eigenvalue weighted by atomic mass is 10.1. The number of hydrogen-bond donors (Lipinski definition) is 1. The summed E-state index contributed by atoms with van der Waals surface area (Å²) in [6.07, 6.45) is 15.7. The van der Waals surface area contributed by atoms with E-state index in [0.29, 0.717) is 0 Å². The van der Waals surface area contributed by atoms with Crippen LogP contribution in [-0.4, -0.2) is 5.21 Å². The van der Waals surface area contributed by atoms with Gasteiger partial charge in [-0.2, -0.15) is 0 Å². The highest BCUT2D eigenvalue weighted by molar-refractivity contribution is 5.67. The van der Waals surface area contributed by atoms with Crippen LogP contribution in [0.2, 0.25) is 0 Å². The van der Waals surface area contributed by atoms with E-state index in [1.807, 2.05) is 42.5 Å². The van der Waals surface area contributed by atoms with E-state index in [-0.39, 0.29) is 0 Å². The normalized spacial score (nSPS) is 15.9. The number of hydroxylamine groups is 1. The average Bonchev–Trinajstić information content (AvgIpc) is 2.54. The number of anilines is 1. The van der Waals surface area contributed by atoms with Gasteiger partial charge in [0.25, 0.3) is 0 Å². The van der Waals surface area contributed by atoms with Gasteiger partial charge in [0.05, 0.1) is 5.69 Å². The molecule has 1 aromatic rings. The van der Waals surface area contributed by atoms with Gasteiger partial charge in [-0.15, -0.1) is 0 Å². The van der Waals surface area contributed by atoms with Gasteiger partial charge >= 0.3 is 0 Å². The van der Waals surface area contributed by atoms with Crippen molar-refractivity contribution in [2.24, 2.45) is 0 Å². The van der Waals surface area contributed by atoms with Gasteiger partial charge in [0.15, 0.2) is 0 Å². The zero-order valence-electron chi connectivity index (χ0n) is 8.67. The molecule has 0 aromatic heterocycles. The molecule has 0 fully saturated rings. The first-order valence-electron chi connectivity index (χ1n) is 5.21. The van der Waals surface area contributed by atoms with Crippen LogP contribution in [0.4, 0.5) is 5.69 Å². The predicted molar refractivity (Wildman–Crippen MR) is 66.2 cm³/mol. The molecule has 0 bridgehead atoms. The van der Waals surface area contributed by atoms with Crippen molar-refractivity contribution in [3.63, 3.8) is 0 Å². The Morgan fingerprint density at radius 2 is 1.75 bits per heavy atom. The smallest absolute Gasteiger partial charge is 0.0764 e. The molecule has 2 heteroatoms. The summed E-state index contributed by atoms with van der Waals surface area (Å²) >= 11 is 0. The highest BCUT2D eigenvalue weighted by Crippen LogP contribution is 2.10. The molecule has 1 aliphatic carbocycles. The number of benzene rings is 1. The van der Waals surface area contributed by atoms with E-state index in [9.17, 15) is 5.21 Å². The molecule has 3 rings (SSSR count). The molecule has 2 nitrogen and oxygen atoms in total. The first-order chi connectivity index (χ1) is 7.86. The van der Waals surface area contributed by atoms with Crippen LogP contribution in [-0.2, 0) is 0 Å². The minimum absolute atomic E-state index is 0.821. The topological polar surface area (TPSA) is 23.5 Å². The predicted octanol–water partition coefficient (Wildman–Crippen LogP) is 1.55. The maximum atomic E-state index is 9.71. The second-order valence-corrected chi connectivity index (χ2v) is 3.76. The van der Waals surface area contributed by atoms with Crippen molar-refractivity contribution in [3.8, 4) is 0 Å². The molecule has 1 aromatic carbocycles. The molecule has 1 aliphatic heterocycles. The Kier molecular flexibility index (Phi) is 2.01. The molecule has 0 saturated carbocycles. The summed E-state index contributed by atoms with van der Waals surface area (Å²) in [5, 5.41) is 13.1. The zero-order valence-corrected chi connectivity index (χ0v) is 8.67. The van der Waals surface area contributed by atoms with Gasteiger partial charge < -0.3 is 0 Å². The number of fused-ring (bicyclic) bond motifs is 3. The largest absolute Gasteiger partial charge is 0.284 e. The monoisotopic (exact) mass is 209 g/mol. The van der Waals surface area contributed by atoms with Gasteiger partial charge in [0.2, 0.25) is 0 Å². The number of rotatable bonds is 0. The van der Waals surface area contributed by atoms with E-state index in [1.54, 1.807) is 6.20 Å².